The Bertz CT molecular complexity index is 285. The second kappa shape index (κ2) is 8.37. The number of ether oxygens (including phenoxy) is 1. The van der Waals surface area contributed by atoms with Crippen molar-refractivity contribution in [3.63, 3.8) is 0 Å². The topological polar surface area (TPSA) is 66.8 Å². The van der Waals surface area contributed by atoms with Gasteiger partial charge >= 0.3 is 5.97 Å². The highest BCUT2D eigenvalue weighted by atomic mass is 32.2. The lowest BCUT2D eigenvalue weighted by molar-refractivity contribution is -0.140. The summed E-state index contributed by atoms with van der Waals surface area (Å²) in [7, 11) is 1.39. The predicted octanol–water partition coefficient (Wildman–Crippen LogP) is 0.656. The van der Waals surface area contributed by atoms with Crippen molar-refractivity contribution in [1.29, 1.82) is 0 Å². The smallest absolute Gasteiger partial charge is 0.305 e. The van der Waals surface area contributed by atoms with Crippen LogP contribution in [0.3, 0.4) is 0 Å². The van der Waals surface area contributed by atoms with Crippen LogP contribution in [0, 0.1) is 0 Å². The van der Waals surface area contributed by atoms with Crippen molar-refractivity contribution in [1.82, 2.24) is 4.90 Å². The van der Waals surface area contributed by atoms with Gasteiger partial charge in [0, 0.05) is 25.1 Å². The Morgan fingerprint density at radius 2 is 2.33 bits per heavy atom. The molecule has 0 aliphatic carbocycles. The van der Waals surface area contributed by atoms with Crippen molar-refractivity contribution >= 4 is 23.6 Å². The number of amides is 1. The molecule has 0 aromatic rings. The summed E-state index contributed by atoms with van der Waals surface area (Å²) < 4.78 is 4.55. The summed E-state index contributed by atoms with van der Waals surface area (Å²) in [4.78, 5) is 24.2. The fraction of sp³-hybridized carbons (Fsp3) is 0.833. The maximum Gasteiger partial charge on any atom is 0.305 e. The van der Waals surface area contributed by atoms with Crippen LogP contribution in [-0.2, 0) is 14.3 Å². The Morgan fingerprint density at radius 3 is 3.00 bits per heavy atom. The monoisotopic (exact) mass is 275 g/mol. The van der Waals surface area contributed by atoms with E-state index < -0.39 is 0 Å². The van der Waals surface area contributed by atoms with E-state index in [1.54, 1.807) is 16.7 Å². The number of thioether (sulfide) groups is 1. The molecule has 0 saturated carbocycles. The molecule has 0 spiro atoms. The molecule has 0 aromatic heterocycles. The van der Waals surface area contributed by atoms with Gasteiger partial charge in [0.2, 0.25) is 5.91 Å². The lowest BCUT2D eigenvalue weighted by Gasteiger charge is -2.22. The summed E-state index contributed by atoms with van der Waals surface area (Å²) in [6.45, 7) is 0.742. The molecule has 18 heavy (non-hydrogen) atoms. The number of rotatable bonds is 8. The minimum absolute atomic E-state index is 0.00756. The average molecular weight is 275 g/mol. The van der Waals surface area contributed by atoms with E-state index in [1.807, 2.05) is 0 Å². The standard InChI is InChI=1S/C12H21NO4S/c1-17-12(16)3-2-7-18-8-6-13-10(9-14)4-5-11(13)15/h10,14H,2-9H2,1H3. The van der Waals surface area contributed by atoms with Crippen LogP contribution in [-0.4, -0.2) is 59.7 Å². The molecule has 1 rings (SSSR count). The number of hydrogen-bond donors (Lipinski definition) is 1. The number of carbonyl (C=O) groups is 2. The molecule has 1 saturated heterocycles. The molecule has 5 nitrogen and oxygen atoms in total. The van der Waals surface area contributed by atoms with Gasteiger partial charge in [-0.25, -0.2) is 0 Å². The van der Waals surface area contributed by atoms with Crippen LogP contribution in [0.2, 0.25) is 0 Å². The summed E-state index contributed by atoms with van der Waals surface area (Å²) in [5.41, 5.74) is 0. The van der Waals surface area contributed by atoms with Gasteiger partial charge in [-0.05, 0) is 18.6 Å². The third-order valence-electron chi connectivity index (χ3n) is 3.04. The molecule has 1 fully saturated rings. The van der Waals surface area contributed by atoms with E-state index in [2.05, 4.69) is 4.74 Å². The minimum atomic E-state index is -0.175. The first-order chi connectivity index (χ1) is 8.69. The molecule has 1 N–H and O–H groups in total. The van der Waals surface area contributed by atoms with E-state index in [4.69, 9.17) is 5.11 Å². The largest absolute Gasteiger partial charge is 0.469 e. The van der Waals surface area contributed by atoms with Gasteiger partial charge in [-0.2, -0.15) is 11.8 Å². The molecule has 1 aliphatic rings. The summed E-state index contributed by atoms with van der Waals surface area (Å²) in [5, 5.41) is 9.13. The van der Waals surface area contributed by atoms with Crippen LogP contribution < -0.4 is 0 Å². The van der Waals surface area contributed by atoms with Gasteiger partial charge in [0.25, 0.3) is 0 Å². The van der Waals surface area contributed by atoms with Crippen molar-refractivity contribution in [2.75, 3.05) is 31.8 Å². The minimum Gasteiger partial charge on any atom is -0.469 e. The van der Waals surface area contributed by atoms with Crippen LogP contribution in [0.5, 0.6) is 0 Å². The highest BCUT2D eigenvalue weighted by Crippen LogP contribution is 2.18. The molecule has 1 amide bonds. The maximum absolute atomic E-state index is 11.5. The zero-order valence-electron chi connectivity index (χ0n) is 10.8. The van der Waals surface area contributed by atoms with Gasteiger partial charge in [0.15, 0.2) is 0 Å². The number of hydrogen-bond acceptors (Lipinski definition) is 5. The number of nitrogens with zero attached hydrogens (tertiary/aromatic N) is 1. The van der Waals surface area contributed by atoms with Crippen LogP contribution in [0.1, 0.15) is 25.7 Å². The van der Waals surface area contributed by atoms with E-state index >= 15 is 0 Å². The molecule has 0 bridgehead atoms. The molecule has 1 unspecified atom stereocenters. The van der Waals surface area contributed by atoms with E-state index in [9.17, 15) is 9.59 Å². The third-order valence-corrected chi connectivity index (χ3v) is 4.09. The van der Waals surface area contributed by atoms with E-state index in [0.29, 0.717) is 19.4 Å². The van der Waals surface area contributed by atoms with Gasteiger partial charge in [-0.3, -0.25) is 9.59 Å². The first kappa shape index (κ1) is 15.3. The zero-order valence-corrected chi connectivity index (χ0v) is 11.6. The Kier molecular flexibility index (Phi) is 7.12. The average Bonchev–Trinajstić information content (AvgIpc) is 2.74. The molecule has 0 radical (unpaired) electrons. The molecular weight excluding hydrogens is 254 g/mol. The van der Waals surface area contributed by atoms with Crippen LogP contribution in [0.4, 0.5) is 0 Å². The third kappa shape index (κ3) is 4.86. The van der Waals surface area contributed by atoms with Crippen LogP contribution in [0.25, 0.3) is 0 Å². The number of aliphatic hydroxyl groups is 1. The molecule has 6 heteroatoms. The number of methoxy groups -OCH3 is 1. The molecule has 1 atom stereocenters. The fourth-order valence-electron chi connectivity index (χ4n) is 1.98. The van der Waals surface area contributed by atoms with Crippen molar-refractivity contribution in [2.45, 2.75) is 31.7 Å². The number of carbonyl (C=O) groups excluding carboxylic acids is 2. The van der Waals surface area contributed by atoms with Crippen LogP contribution in [0.15, 0.2) is 0 Å². The molecule has 1 heterocycles. The van der Waals surface area contributed by atoms with E-state index in [1.165, 1.54) is 7.11 Å². The summed E-state index contributed by atoms with van der Waals surface area (Å²) in [6, 6.07) is 0.00756. The van der Waals surface area contributed by atoms with Gasteiger partial charge in [0.05, 0.1) is 19.8 Å². The lowest BCUT2D eigenvalue weighted by atomic mass is 10.2. The highest BCUT2D eigenvalue weighted by molar-refractivity contribution is 7.99. The predicted molar refractivity (Wildman–Crippen MR) is 70.4 cm³/mol. The highest BCUT2D eigenvalue weighted by Gasteiger charge is 2.29. The second-order valence-corrected chi connectivity index (χ2v) is 5.48. The maximum atomic E-state index is 11.5. The Hall–Kier alpha value is -0.750. The fourth-order valence-corrected chi connectivity index (χ4v) is 2.85. The van der Waals surface area contributed by atoms with Gasteiger partial charge in [0.1, 0.15) is 0 Å². The van der Waals surface area contributed by atoms with Crippen molar-refractivity contribution in [3.8, 4) is 0 Å². The summed E-state index contributed by atoms with van der Waals surface area (Å²) in [5.74, 6) is 1.71. The Labute approximate surface area is 112 Å². The lowest BCUT2D eigenvalue weighted by Crippen LogP contribution is -2.37. The van der Waals surface area contributed by atoms with Crippen LogP contribution >= 0.6 is 11.8 Å². The SMILES string of the molecule is COC(=O)CCCSCCN1C(=O)CCC1CO. The Morgan fingerprint density at radius 1 is 1.56 bits per heavy atom. The Balaban J connectivity index is 2.07. The molecule has 1 aliphatic heterocycles. The summed E-state index contributed by atoms with van der Waals surface area (Å²) >= 11 is 1.72. The quantitative estimate of drug-likeness (QED) is 0.520. The second-order valence-electron chi connectivity index (χ2n) is 4.25. The van der Waals surface area contributed by atoms with Crippen molar-refractivity contribution in [2.24, 2.45) is 0 Å². The van der Waals surface area contributed by atoms with E-state index in [-0.39, 0.29) is 24.5 Å². The first-order valence-corrected chi connectivity index (χ1v) is 7.39. The normalized spacial score (nSPS) is 19.3. The molecule has 104 valence electrons. The van der Waals surface area contributed by atoms with Crippen molar-refractivity contribution < 1.29 is 19.4 Å². The van der Waals surface area contributed by atoms with E-state index in [0.717, 1.165) is 24.3 Å². The van der Waals surface area contributed by atoms with Crippen molar-refractivity contribution in [3.05, 3.63) is 0 Å². The van der Waals surface area contributed by atoms with Gasteiger partial charge in [-0.15, -0.1) is 0 Å². The number of esters is 1. The van der Waals surface area contributed by atoms with Gasteiger partial charge in [-0.1, -0.05) is 0 Å². The summed E-state index contributed by atoms with van der Waals surface area (Å²) in [6.07, 6.45) is 2.57. The number of likely N-dealkylation sites (tertiary alicyclic amines) is 1. The molecule has 0 aromatic carbocycles. The first-order valence-electron chi connectivity index (χ1n) is 6.24. The van der Waals surface area contributed by atoms with Gasteiger partial charge < -0.3 is 14.7 Å². The zero-order chi connectivity index (χ0) is 13.4. The molecular formula is C12H21NO4S. The number of aliphatic hydroxyl groups excluding tert-OH is 1.